The molecule has 2 aromatic rings. The number of thioether (sulfide) groups is 1. The summed E-state index contributed by atoms with van der Waals surface area (Å²) in [5, 5.41) is 11.4. The lowest BCUT2D eigenvalue weighted by Crippen LogP contribution is -2.19. The van der Waals surface area contributed by atoms with E-state index >= 15 is 0 Å². The zero-order chi connectivity index (χ0) is 15.4. The molecule has 0 saturated heterocycles. The number of carbonyl (C=O) groups excluding carboxylic acids is 1. The summed E-state index contributed by atoms with van der Waals surface area (Å²) in [6, 6.07) is 4.77. The van der Waals surface area contributed by atoms with Gasteiger partial charge in [0.25, 0.3) is 5.95 Å². The highest BCUT2D eigenvalue weighted by Crippen LogP contribution is 2.23. The molecule has 8 nitrogen and oxygen atoms in total. The number of carbonyl (C=O) groups is 1. The van der Waals surface area contributed by atoms with Crippen molar-refractivity contribution in [1.82, 2.24) is 14.9 Å². The third-order valence-electron chi connectivity index (χ3n) is 2.27. The molecule has 2 rings (SSSR count). The molecule has 1 aromatic heterocycles. The number of nitrogen functional groups attached to an aromatic ring is 2. The number of anilines is 2. The molecule has 1 amide bonds. The number of rotatable bonds is 5. The Kier molecular flexibility index (Phi) is 5.12. The number of amides is 1. The highest BCUT2D eigenvalue weighted by Gasteiger charge is 2.11. The monoisotopic (exact) mass is 347 g/mol. The average Bonchev–Trinajstić information content (AvgIpc) is 2.75. The maximum absolute atomic E-state index is 11.8. The van der Waals surface area contributed by atoms with Crippen LogP contribution in [0.3, 0.4) is 0 Å². The molecule has 11 heteroatoms. The summed E-state index contributed by atoms with van der Waals surface area (Å²) >= 11 is 12.8. The molecule has 112 valence electrons. The third kappa shape index (κ3) is 4.14. The van der Waals surface area contributed by atoms with Crippen LogP contribution in [0.2, 0.25) is 10.0 Å². The van der Waals surface area contributed by atoms with Crippen molar-refractivity contribution in [3.05, 3.63) is 28.2 Å². The van der Waals surface area contributed by atoms with Crippen molar-refractivity contribution >= 4 is 52.5 Å². The lowest BCUT2D eigenvalue weighted by Gasteiger charge is -2.06. The third-order valence-corrected chi connectivity index (χ3v) is 3.65. The lowest BCUT2D eigenvalue weighted by molar-refractivity contribution is -0.113. The zero-order valence-electron chi connectivity index (χ0n) is 10.5. The smallest absolute Gasteiger partial charge is 0.258 e. The first-order valence-corrected chi connectivity index (χ1v) is 7.29. The average molecular weight is 348 g/mol. The first kappa shape index (κ1) is 15.7. The van der Waals surface area contributed by atoms with Gasteiger partial charge >= 0.3 is 0 Å². The van der Waals surface area contributed by atoms with Crippen LogP contribution < -0.4 is 22.4 Å². The van der Waals surface area contributed by atoms with Gasteiger partial charge in [-0.05, 0) is 18.2 Å². The van der Waals surface area contributed by atoms with E-state index in [-0.39, 0.29) is 17.6 Å². The van der Waals surface area contributed by atoms with E-state index in [2.05, 4.69) is 20.9 Å². The van der Waals surface area contributed by atoms with Gasteiger partial charge in [-0.2, -0.15) is 0 Å². The van der Waals surface area contributed by atoms with Crippen molar-refractivity contribution in [2.75, 3.05) is 22.3 Å². The number of nitrogens with two attached hydrogens (primary N) is 2. The van der Waals surface area contributed by atoms with Crippen LogP contribution in [-0.2, 0) is 4.79 Å². The Morgan fingerprint density at radius 3 is 2.52 bits per heavy atom. The Bertz CT molecular complexity index is 643. The number of nitrogens with zero attached hydrogens (tertiary/aromatic N) is 3. The van der Waals surface area contributed by atoms with Gasteiger partial charge in [-0.15, -0.1) is 10.2 Å². The minimum absolute atomic E-state index is 0.0873. The van der Waals surface area contributed by atoms with Crippen molar-refractivity contribution in [3.63, 3.8) is 0 Å². The quantitative estimate of drug-likeness (QED) is 0.365. The molecule has 0 saturated carbocycles. The maximum Gasteiger partial charge on any atom is 0.258 e. The minimum Gasteiger partial charge on any atom is -0.334 e. The van der Waals surface area contributed by atoms with Gasteiger partial charge in [0.05, 0.1) is 5.75 Å². The van der Waals surface area contributed by atoms with E-state index in [1.807, 2.05) is 0 Å². The van der Waals surface area contributed by atoms with Crippen LogP contribution in [0.5, 0.6) is 0 Å². The molecule has 0 bridgehead atoms. The molecule has 0 radical (unpaired) electrons. The fourth-order valence-corrected chi connectivity index (χ4v) is 2.61. The van der Waals surface area contributed by atoms with Gasteiger partial charge in [-0.3, -0.25) is 10.2 Å². The molecular formula is C10H11Cl2N7OS. The fraction of sp³-hybridized carbons (Fsp3) is 0.100. The Labute approximate surface area is 134 Å². The van der Waals surface area contributed by atoms with E-state index in [0.29, 0.717) is 20.9 Å². The van der Waals surface area contributed by atoms with Crippen LogP contribution in [0.1, 0.15) is 0 Å². The van der Waals surface area contributed by atoms with Gasteiger partial charge < -0.3 is 11.2 Å². The molecule has 0 spiro atoms. The lowest BCUT2D eigenvalue weighted by atomic mass is 10.3. The topological polar surface area (TPSA) is 124 Å². The van der Waals surface area contributed by atoms with Crippen LogP contribution in [0.4, 0.5) is 11.6 Å². The predicted octanol–water partition coefficient (Wildman–Crippen LogP) is 1.32. The Balaban J connectivity index is 1.94. The van der Waals surface area contributed by atoms with E-state index in [4.69, 9.17) is 34.9 Å². The number of aromatic nitrogens is 3. The number of hydrogen-bond acceptors (Lipinski definition) is 7. The SMILES string of the molecule is NNc1nnc(SCC(=O)Nc2cc(Cl)cc(Cl)c2)n1N. The summed E-state index contributed by atoms with van der Waals surface area (Å²) in [6.07, 6.45) is 0. The van der Waals surface area contributed by atoms with E-state index < -0.39 is 0 Å². The largest absolute Gasteiger partial charge is 0.334 e. The second-order valence-electron chi connectivity index (χ2n) is 3.82. The molecule has 1 heterocycles. The summed E-state index contributed by atoms with van der Waals surface area (Å²) in [5.41, 5.74) is 2.79. The molecule has 0 fully saturated rings. The van der Waals surface area contributed by atoms with Crippen LogP contribution in [0.25, 0.3) is 0 Å². The van der Waals surface area contributed by atoms with Gasteiger partial charge in [0.2, 0.25) is 11.1 Å². The molecule has 0 atom stereocenters. The van der Waals surface area contributed by atoms with Crippen LogP contribution >= 0.6 is 35.0 Å². The highest BCUT2D eigenvalue weighted by atomic mass is 35.5. The first-order chi connectivity index (χ1) is 9.99. The number of halogens is 2. The van der Waals surface area contributed by atoms with Crippen LogP contribution in [-0.4, -0.2) is 26.5 Å². The molecule has 0 aliphatic rings. The number of hydrazine groups is 1. The molecule has 1 aromatic carbocycles. The number of nitrogens with one attached hydrogen (secondary N) is 2. The minimum atomic E-state index is -0.261. The predicted molar refractivity (Wildman–Crippen MR) is 83.8 cm³/mol. The number of benzene rings is 1. The van der Waals surface area contributed by atoms with Crippen molar-refractivity contribution in [2.24, 2.45) is 5.84 Å². The Morgan fingerprint density at radius 2 is 1.95 bits per heavy atom. The van der Waals surface area contributed by atoms with Crippen molar-refractivity contribution in [1.29, 1.82) is 0 Å². The Morgan fingerprint density at radius 1 is 1.29 bits per heavy atom. The highest BCUT2D eigenvalue weighted by molar-refractivity contribution is 7.99. The molecule has 0 unspecified atom stereocenters. The summed E-state index contributed by atoms with van der Waals surface area (Å²) < 4.78 is 1.15. The van der Waals surface area contributed by atoms with Crippen LogP contribution in [0, 0.1) is 0 Å². The van der Waals surface area contributed by atoms with Crippen molar-refractivity contribution < 1.29 is 4.79 Å². The molecule has 0 aliphatic carbocycles. The summed E-state index contributed by atoms with van der Waals surface area (Å²) in [7, 11) is 0. The molecule has 6 N–H and O–H groups in total. The first-order valence-electron chi connectivity index (χ1n) is 5.55. The summed E-state index contributed by atoms with van der Waals surface area (Å²) in [5.74, 6) is 10.9. The molecular weight excluding hydrogens is 337 g/mol. The number of hydrogen-bond donors (Lipinski definition) is 4. The maximum atomic E-state index is 11.8. The van der Waals surface area contributed by atoms with Gasteiger partial charge in [0, 0.05) is 15.7 Å². The Hall–Kier alpha value is -1.68. The fourth-order valence-electron chi connectivity index (χ4n) is 1.43. The van der Waals surface area contributed by atoms with Crippen molar-refractivity contribution in [2.45, 2.75) is 5.16 Å². The van der Waals surface area contributed by atoms with Gasteiger partial charge in [-0.25, -0.2) is 10.5 Å². The van der Waals surface area contributed by atoms with E-state index in [1.54, 1.807) is 18.2 Å². The zero-order valence-corrected chi connectivity index (χ0v) is 12.8. The van der Waals surface area contributed by atoms with Gasteiger partial charge in [0.1, 0.15) is 0 Å². The van der Waals surface area contributed by atoms with Crippen LogP contribution in [0.15, 0.2) is 23.4 Å². The van der Waals surface area contributed by atoms with E-state index in [1.165, 1.54) is 0 Å². The normalized spacial score (nSPS) is 10.4. The van der Waals surface area contributed by atoms with Gasteiger partial charge in [0.15, 0.2) is 0 Å². The standard InChI is InChI=1S/C10H11Cl2N7OS/c11-5-1-6(12)3-7(2-5)15-8(20)4-21-10-18-17-9(16-13)19(10)14/h1-3H,4,13-14H2,(H,15,20)(H,16,17). The second kappa shape index (κ2) is 6.85. The van der Waals surface area contributed by atoms with Gasteiger partial charge in [-0.1, -0.05) is 35.0 Å². The summed E-state index contributed by atoms with van der Waals surface area (Å²) in [6.45, 7) is 0. The van der Waals surface area contributed by atoms with E-state index in [9.17, 15) is 4.79 Å². The van der Waals surface area contributed by atoms with Crippen molar-refractivity contribution in [3.8, 4) is 0 Å². The molecule has 21 heavy (non-hydrogen) atoms. The van der Waals surface area contributed by atoms with E-state index in [0.717, 1.165) is 16.4 Å². The second-order valence-corrected chi connectivity index (χ2v) is 5.63. The summed E-state index contributed by atoms with van der Waals surface area (Å²) in [4.78, 5) is 11.8. The molecule has 0 aliphatic heterocycles.